The zero-order chi connectivity index (χ0) is 14.3. The molecule has 2 aromatic carbocycles. The summed E-state index contributed by atoms with van der Waals surface area (Å²) < 4.78 is 0. The molecular weight excluding hydrogens is 274 g/mol. The van der Waals surface area contributed by atoms with Crippen LogP contribution in [-0.2, 0) is 4.79 Å². The van der Waals surface area contributed by atoms with Crippen molar-refractivity contribution in [3.63, 3.8) is 0 Å². The number of carbonyl (C=O) groups excluding carboxylic acids is 1. The molecule has 2 aromatic rings. The Bertz CT molecular complexity index is 683. The van der Waals surface area contributed by atoms with Crippen LogP contribution in [0, 0.1) is 0 Å². The molecule has 20 heavy (non-hydrogen) atoms. The fourth-order valence-electron chi connectivity index (χ4n) is 2.98. The van der Waals surface area contributed by atoms with Gasteiger partial charge < -0.3 is 10.0 Å². The van der Waals surface area contributed by atoms with Gasteiger partial charge in [0.25, 0.3) is 0 Å². The van der Waals surface area contributed by atoms with Crippen molar-refractivity contribution >= 4 is 34.0 Å². The third kappa shape index (κ3) is 1.85. The van der Waals surface area contributed by atoms with Gasteiger partial charge in [-0.25, -0.2) is 0 Å². The Hall–Kier alpha value is -1.74. The van der Waals surface area contributed by atoms with E-state index in [-0.39, 0.29) is 17.6 Å². The average Bonchev–Trinajstić information content (AvgIpc) is 2.85. The molecule has 0 aliphatic carbocycles. The van der Waals surface area contributed by atoms with Crippen LogP contribution < -0.4 is 4.90 Å². The number of phenolic OH excluding ortho intramolecular Hbond substituents is 1. The van der Waals surface area contributed by atoms with Gasteiger partial charge in [-0.05, 0) is 10.9 Å². The number of hydrogen-bond donors (Lipinski definition) is 1. The Kier molecular flexibility index (Phi) is 3.30. The Labute approximate surface area is 122 Å². The fourth-order valence-corrected chi connectivity index (χ4v) is 3.23. The molecule has 0 bridgehead atoms. The lowest BCUT2D eigenvalue weighted by Crippen LogP contribution is -2.29. The summed E-state index contributed by atoms with van der Waals surface area (Å²) in [6.45, 7) is 2.44. The highest BCUT2D eigenvalue weighted by Gasteiger charge is 2.33. The fraction of sp³-hybridized carbons (Fsp3) is 0.312. The first kappa shape index (κ1) is 13.3. The van der Waals surface area contributed by atoms with Crippen LogP contribution in [0.25, 0.3) is 10.8 Å². The van der Waals surface area contributed by atoms with E-state index in [2.05, 4.69) is 0 Å². The van der Waals surface area contributed by atoms with Gasteiger partial charge in [0.2, 0.25) is 5.91 Å². The summed E-state index contributed by atoms with van der Waals surface area (Å²) in [5.74, 6) is 0.861. The number of aromatic hydroxyl groups is 1. The number of halogens is 1. The minimum atomic E-state index is 0.0635. The second kappa shape index (κ2) is 4.98. The van der Waals surface area contributed by atoms with Crippen LogP contribution >= 0.6 is 11.6 Å². The quantitative estimate of drug-likeness (QED) is 0.858. The molecule has 1 unspecified atom stereocenters. The smallest absolute Gasteiger partial charge is 0.226 e. The molecule has 3 nitrogen and oxygen atoms in total. The van der Waals surface area contributed by atoms with Crippen LogP contribution in [0.3, 0.4) is 0 Å². The van der Waals surface area contributed by atoms with Crippen LogP contribution in [0.1, 0.15) is 24.8 Å². The predicted octanol–water partition coefficient (Wildman–Crippen LogP) is 3.62. The van der Waals surface area contributed by atoms with Crippen molar-refractivity contribution in [2.45, 2.75) is 19.3 Å². The molecule has 0 spiro atoms. The molecular formula is C16H16ClNO2. The number of benzene rings is 2. The maximum Gasteiger partial charge on any atom is 0.226 e. The molecule has 1 aliphatic heterocycles. The van der Waals surface area contributed by atoms with Crippen LogP contribution in [-0.4, -0.2) is 23.4 Å². The second-order valence-electron chi connectivity index (χ2n) is 5.08. The summed E-state index contributed by atoms with van der Waals surface area (Å²) in [5, 5.41) is 12.0. The van der Waals surface area contributed by atoms with Crippen molar-refractivity contribution in [2.75, 3.05) is 17.3 Å². The van der Waals surface area contributed by atoms with Crippen molar-refractivity contribution in [2.24, 2.45) is 0 Å². The van der Waals surface area contributed by atoms with Gasteiger partial charge in [-0.1, -0.05) is 31.2 Å². The van der Waals surface area contributed by atoms with E-state index in [0.29, 0.717) is 18.8 Å². The van der Waals surface area contributed by atoms with Gasteiger partial charge in [0.05, 0.1) is 5.69 Å². The van der Waals surface area contributed by atoms with Crippen molar-refractivity contribution < 1.29 is 9.90 Å². The number of fused-ring (bicyclic) bond motifs is 3. The summed E-state index contributed by atoms with van der Waals surface area (Å²) in [7, 11) is 0. The van der Waals surface area contributed by atoms with Gasteiger partial charge in [-0.3, -0.25) is 4.79 Å². The topological polar surface area (TPSA) is 40.5 Å². The zero-order valence-electron chi connectivity index (χ0n) is 11.3. The standard InChI is InChI=1S/C16H16ClNO2/c1-2-15(20)18-9-10(8-17)16-12-6-4-3-5-11(12)14(19)7-13(16)18/h3-7,10,19H,2,8-9H2,1H3. The Balaban J connectivity index is 2.28. The molecule has 0 aromatic heterocycles. The van der Waals surface area contributed by atoms with E-state index < -0.39 is 0 Å². The number of carbonyl (C=O) groups is 1. The van der Waals surface area contributed by atoms with Gasteiger partial charge in [0, 0.05) is 36.2 Å². The number of rotatable bonds is 2. The highest BCUT2D eigenvalue weighted by atomic mass is 35.5. The third-order valence-corrected chi connectivity index (χ3v) is 4.31. The van der Waals surface area contributed by atoms with E-state index in [1.165, 1.54) is 0 Å². The molecule has 1 atom stereocenters. The normalized spacial score (nSPS) is 17.5. The van der Waals surface area contributed by atoms with Gasteiger partial charge in [0.15, 0.2) is 0 Å². The van der Waals surface area contributed by atoms with Crippen molar-refractivity contribution in [1.29, 1.82) is 0 Å². The van der Waals surface area contributed by atoms with E-state index in [1.807, 2.05) is 31.2 Å². The van der Waals surface area contributed by atoms with Crippen LogP contribution in [0.5, 0.6) is 5.75 Å². The minimum absolute atomic E-state index is 0.0635. The monoisotopic (exact) mass is 289 g/mol. The number of hydrogen-bond acceptors (Lipinski definition) is 2. The van der Waals surface area contributed by atoms with Crippen molar-refractivity contribution in [1.82, 2.24) is 0 Å². The summed E-state index contributed by atoms with van der Waals surface area (Å²) in [6.07, 6.45) is 0.446. The van der Waals surface area contributed by atoms with E-state index >= 15 is 0 Å². The van der Waals surface area contributed by atoms with Gasteiger partial charge in [-0.15, -0.1) is 11.6 Å². The Morgan fingerprint density at radius 1 is 1.40 bits per heavy atom. The van der Waals surface area contributed by atoms with Crippen molar-refractivity contribution in [3.8, 4) is 5.75 Å². The lowest BCUT2D eigenvalue weighted by molar-refractivity contribution is -0.118. The predicted molar refractivity (Wildman–Crippen MR) is 81.7 cm³/mol. The van der Waals surface area contributed by atoms with Crippen LogP contribution in [0.2, 0.25) is 0 Å². The lowest BCUT2D eigenvalue weighted by atomic mass is 9.95. The summed E-state index contributed by atoms with van der Waals surface area (Å²) in [4.78, 5) is 13.8. The van der Waals surface area contributed by atoms with Gasteiger partial charge >= 0.3 is 0 Å². The maximum atomic E-state index is 12.1. The molecule has 1 heterocycles. The van der Waals surface area contributed by atoms with E-state index in [0.717, 1.165) is 22.0 Å². The first-order valence-corrected chi connectivity index (χ1v) is 7.31. The third-order valence-electron chi connectivity index (χ3n) is 3.93. The number of amides is 1. The second-order valence-corrected chi connectivity index (χ2v) is 5.39. The molecule has 3 rings (SSSR count). The average molecular weight is 290 g/mol. The molecule has 0 saturated carbocycles. The minimum Gasteiger partial charge on any atom is -0.507 e. The molecule has 0 fully saturated rings. The number of anilines is 1. The highest BCUT2D eigenvalue weighted by molar-refractivity contribution is 6.19. The molecule has 104 valence electrons. The largest absolute Gasteiger partial charge is 0.507 e. The first-order valence-electron chi connectivity index (χ1n) is 6.78. The number of alkyl halides is 1. The Morgan fingerprint density at radius 3 is 2.75 bits per heavy atom. The molecule has 0 saturated heterocycles. The van der Waals surface area contributed by atoms with E-state index in [9.17, 15) is 9.90 Å². The maximum absolute atomic E-state index is 12.1. The summed E-state index contributed by atoms with van der Waals surface area (Å²) in [5.41, 5.74) is 1.88. The molecule has 1 aliphatic rings. The molecule has 0 radical (unpaired) electrons. The first-order chi connectivity index (χ1) is 9.67. The molecule has 1 amide bonds. The van der Waals surface area contributed by atoms with E-state index in [1.54, 1.807) is 11.0 Å². The molecule has 1 N–H and O–H groups in total. The van der Waals surface area contributed by atoms with Gasteiger partial charge in [-0.2, -0.15) is 0 Å². The number of phenols is 1. The summed E-state index contributed by atoms with van der Waals surface area (Å²) in [6, 6.07) is 9.40. The van der Waals surface area contributed by atoms with Crippen LogP contribution in [0.4, 0.5) is 5.69 Å². The molecule has 4 heteroatoms. The zero-order valence-corrected chi connectivity index (χ0v) is 12.0. The SMILES string of the molecule is CCC(=O)N1CC(CCl)c2c1cc(O)c1ccccc21. The summed E-state index contributed by atoms with van der Waals surface area (Å²) >= 11 is 6.09. The van der Waals surface area contributed by atoms with Gasteiger partial charge in [0.1, 0.15) is 5.75 Å². The van der Waals surface area contributed by atoms with E-state index in [4.69, 9.17) is 11.6 Å². The lowest BCUT2D eigenvalue weighted by Gasteiger charge is -2.17. The Morgan fingerprint density at radius 2 is 2.10 bits per heavy atom. The highest BCUT2D eigenvalue weighted by Crippen LogP contribution is 2.45. The number of nitrogens with zero attached hydrogens (tertiary/aromatic N) is 1. The van der Waals surface area contributed by atoms with Crippen LogP contribution in [0.15, 0.2) is 30.3 Å². The van der Waals surface area contributed by atoms with Crippen molar-refractivity contribution in [3.05, 3.63) is 35.9 Å².